The zero-order valence-corrected chi connectivity index (χ0v) is 21.7. The minimum Gasteiger partial charge on any atom is -0.507 e. The number of hydrogen-bond acceptors (Lipinski definition) is 7. The van der Waals surface area contributed by atoms with Gasteiger partial charge < -0.3 is 14.6 Å². The van der Waals surface area contributed by atoms with Gasteiger partial charge in [0, 0.05) is 10.6 Å². The standard InChI is InChI=1S/C29H21ClN6O3/c1-16-23-24(20-8-4-6-10-22(20)38-2)25-27-32-26(19-7-3-5-9-21(19)37)34-35(27)15-31-28(25)39-29(23)36(33-16)18-13-11-17(30)12-14-18/h3-15,24,37H,1-2H3/t24-/m0/s1. The molecule has 3 aromatic carbocycles. The number of phenols is 1. The molecule has 0 saturated heterocycles. The molecule has 0 amide bonds. The van der Waals surface area contributed by atoms with Crippen LogP contribution in [0.5, 0.6) is 23.3 Å². The van der Waals surface area contributed by atoms with Crippen LogP contribution in [0.4, 0.5) is 0 Å². The van der Waals surface area contributed by atoms with Crippen molar-refractivity contribution in [3.05, 3.63) is 107 Å². The number of benzene rings is 3. The molecule has 1 aliphatic heterocycles. The maximum atomic E-state index is 10.5. The summed E-state index contributed by atoms with van der Waals surface area (Å²) in [6, 6.07) is 22.2. The third-order valence-corrected chi connectivity index (χ3v) is 7.14. The van der Waals surface area contributed by atoms with E-state index in [-0.39, 0.29) is 11.7 Å². The molecule has 0 aliphatic carbocycles. The van der Waals surface area contributed by atoms with Gasteiger partial charge in [0.2, 0.25) is 11.8 Å². The van der Waals surface area contributed by atoms with E-state index < -0.39 is 0 Å². The van der Waals surface area contributed by atoms with Gasteiger partial charge in [0.25, 0.3) is 0 Å². The van der Waals surface area contributed by atoms with E-state index in [4.69, 9.17) is 31.2 Å². The highest BCUT2D eigenvalue weighted by atomic mass is 35.5. The second-order valence-electron chi connectivity index (χ2n) is 9.15. The molecule has 0 saturated carbocycles. The smallest absolute Gasteiger partial charge is 0.230 e. The molecule has 9 nitrogen and oxygen atoms in total. The first-order valence-electron chi connectivity index (χ1n) is 12.2. The molecule has 6 aromatic rings. The van der Waals surface area contributed by atoms with E-state index in [1.807, 2.05) is 61.5 Å². The van der Waals surface area contributed by atoms with Crippen LogP contribution in [0.25, 0.3) is 22.7 Å². The van der Waals surface area contributed by atoms with Crippen LogP contribution in [0.3, 0.4) is 0 Å². The summed E-state index contributed by atoms with van der Waals surface area (Å²) in [5, 5.41) is 20.6. The maximum Gasteiger partial charge on any atom is 0.230 e. The number of fused-ring (bicyclic) bond motifs is 4. The predicted molar refractivity (Wildman–Crippen MR) is 145 cm³/mol. The first-order valence-corrected chi connectivity index (χ1v) is 12.6. The number of phenolic OH excluding ortho intramolecular Hbond substituents is 1. The van der Waals surface area contributed by atoms with Gasteiger partial charge in [-0.15, -0.1) is 5.10 Å². The Morgan fingerprint density at radius 1 is 0.949 bits per heavy atom. The summed E-state index contributed by atoms with van der Waals surface area (Å²) >= 11 is 6.15. The average molecular weight is 537 g/mol. The fourth-order valence-corrected chi connectivity index (χ4v) is 5.25. The van der Waals surface area contributed by atoms with E-state index in [0.29, 0.717) is 39.6 Å². The molecule has 0 radical (unpaired) electrons. The molecule has 4 heterocycles. The lowest BCUT2D eigenvalue weighted by Crippen LogP contribution is -2.16. The number of para-hydroxylation sites is 2. The van der Waals surface area contributed by atoms with Crippen molar-refractivity contribution < 1.29 is 14.6 Å². The molecule has 3 aromatic heterocycles. The maximum absolute atomic E-state index is 10.5. The summed E-state index contributed by atoms with van der Waals surface area (Å²) in [6.45, 7) is 1.95. The molecular weight excluding hydrogens is 516 g/mol. The zero-order chi connectivity index (χ0) is 26.7. The van der Waals surface area contributed by atoms with Crippen LogP contribution in [0.2, 0.25) is 5.02 Å². The summed E-state index contributed by atoms with van der Waals surface area (Å²) in [7, 11) is 1.65. The van der Waals surface area contributed by atoms with Crippen LogP contribution in [-0.2, 0) is 0 Å². The summed E-state index contributed by atoms with van der Waals surface area (Å²) in [4.78, 5) is 9.49. The Kier molecular flexibility index (Phi) is 5.27. The van der Waals surface area contributed by atoms with Crippen molar-refractivity contribution in [2.24, 2.45) is 0 Å². The highest BCUT2D eigenvalue weighted by Crippen LogP contribution is 2.51. The number of hydrogen-bond donors (Lipinski definition) is 1. The van der Waals surface area contributed by atoms with Gasteiger partial charge in [-0.05, 0) is 49.4 Å². The van der Waals surface area contributed by atoms with E-state index in [9.17, 15) is 5.11 Å². The van der Waals surface area contributed by atoms with Crippen molar-refractivity contribution in [2.45, 2.75) is 12.8 Å². The molecule has 0 spiro atoms. The van der Waals surface area contributed by atoms with E-state index in [1.54, 1.807) is 40.8 Å². The number of aryl methyl sites for hydroxylation is 1. The normalized spacial score (nSPS) is 14.1. The summed E-state index contributed by atoms with van der Waals surface area (Å²) in [5.74, 6) is 1.74. The van der Waals surface area contributed by atoms with Crippen molar-refractivity contribution in [3.8, 4) is 40.3 Å². The minimum atomic E-state index is -0.376. The van der Waals surface area contributed by atoms with Crippen LogP contribution >= 0.6 is 11.6 Å². The number of methoxy groups -OCH3 is 1. The Hall–Kier alpha value is -4.89. The van der Waals surface area contributed by atoms with Gasteiger partial charge in [0.05, 0.1) is 41.1 Å². The van der Waals surface area contributed by atoms with Gasteiger partial charge in [0.15, 0.2) is 11.5 Å². The largest absolute Gasteiger partial charge is 0.507 e. The highest BCUT2D eigenvalue weighted by molar-refractivity contribution is 6.30. The molecule has 0 unspecified atom stereocenters. The van der Waals surface area contributed by atoms with Crippen molar-refractivity contribution >= 4 is 17.2 Å². The first-order chi connectivity index (χ1) is 19.0. The Morgan fingerprint density at radius 3 is 2.51 bits per heavy atom. The quantitative estimate of drug-likeness (QED) is 0.297. The molecule has 1 atom stereocenters. The molecule has 0 bridgehead atoms. The topological polar surface area (TPSA) is 99.6 Å². The zero-order valence-electron chi connectivity index (χ0n) is 20.9. The Labute approximate surface area is 227 Å². The summed E-state index contributed by atoms with van der Waals surface area (Å²) < 4.78 is 15.6. The van der Waals surface area contributed by atoms with E-state index >= 15 is 0 Å². The second kappa shape index (κ2) is 8.85. The van der Waals surface area contributed by atoms with Gasteiger partial charge in [0.1, 0.15) is 17.8 Å². The SMILES string of the molecule is COc1ccccc1[C@H]1c2c(C)nn(-c3ccc(Cl)cc3)c2Oc2ncn3nc(-c4ccccc4O)nc3c21. The van der Waals surface area contributed by atoms with Gasteiger partial charge in [-0.25, -0.2) is 19.2 Å². The monoisotopic (exact) mass is 536 g/mol. The fourth-order valence-electron chi connectivity index (χ4n) is 5.13. The Balaban J connectivity index is 1.51. The van der Waals surface area contributed by atoms with E-state index in [2.05, 4.69) is 10.1 Å². The number of aromatic hydroxyl groups is 1. The van der Waals surface area contributed by atoms with Crippen LogP contribution < -0.4 is 9.47 Å². The minimum absolute atomic E-state index is 0.0927. The lowest BCUT2D eigenvalue weighted by molar-refractivity contribution is 0.393. The van der Waals surface area contributed by atoms with Gasteiger partial charge in [-0.3, -0.25) is 0 Å². The molecule has 39 heavy (non-hydrogen) atoms. The second-order valence-corrected chi connectivity index (χ2v) is 9.59. The number of rotatable bonds is 4. The Bertz CT molecular complexity index is 1880. The molecule has 1 N–H and O–H groups in total. The van der Waals surface area contributed by atoms with Gasteiger partial charge in [-0.1, -0.05) is 41.9 Å². The van der Waals surface area contributed by atoms with Crippen molar-refractivity contribution in [1.29, 1.82) is 0 Å². The average Bonchev–Trinajstić information content (AvgIpc) is 3.54. The predicted octanol–water partition coefficient (Wildman–Crippen LogP) is 5.94. The number of halogens is 1. The van der Waals surface area contributed by atoms with Crippen molar-refractivity contribution in [1.82, 2.24) is 29.4 Å². The first kappa shape index (κ1) is 23.2. The van der Waals surface area contributed by atoms with Crippen LogP contribution in [0.1, 0.15) is 28.3 Å². The highest BCUT2D eigenvalue weighted by Gasteiger charge is 2.39. The number of ether oxygens (including phenoxy) is 2. The Morgan fingerprint density at radius 2 is 1.72 bits per heavy atom. The number of nitrogens with zero attached hydrogens (tertiary/aromatic N) is 6. The lowest BCUT2D eigenvalue weighted by atomic mass is 9.84. The molecule has 192 valence electrons. The van der Waals surface area contributed by atoms with Crippen LogP contribution in [-0.4, -0.2) is 41.6 Å². The van der Waals surface area contributed by atoms with Crippen LogP contribution in [0, 0.1) is 6.92 Å². The van der Waals surface area contributed by atoms with E-state index in [0.717, 1.165) is 28.1 Å². The van der Waals surface area contributed by atoms with Gasteiger partial charge in [-0.2, -0.15) is 5.10 Å². The third-order valence-electron chi connectivity index (χ3n) is 6.89. The van der Waals surface area contributed by atoms with Crippen molar-refractivity contribution in [2.75, 3.05) is 7.11 Å². The van der Waals surface area contributed by atoms with Gasteiger partial charge >= 0.3 is 0 Å². The molecule has 0 fully saturated rings. The molecule has 7 rings (SSSR count). The number of aromatic nitrogens is 6. The fraction of sp³-hybridized carbons (Fsp3) is 0.103. The van der Waals surface area contributed by atoms with Crippen LogP contribution in [0.15, 0.2) is 79.1 Å². The molecule has 10 heteroatoms. The summed E-state index contributed by atoms with van der Waals surface area (Å²) in [5.41, 5.74) is 5.16. The lowest BCUT2D eigenvalue weighted by Gasteiger charge is -2.27. The molecular formula is C29H21ClN6O3. The van der Waals surface area contributed by atoms with Crippen molar-refractivity contribution in [3.63, 3.8) is 0 Å². The van der Waals surface area contributed by atoms with E-state index in [1.165, 1.54) is 0 Å². The third kappa shape index (κ3) is 3.62. The summed E-state index contributed by atoms with van der Waals surface area (Å²) in [6.07, 6.45) is 1.56. The molecule has 1 aliphatic rings.